The van der Waals surface area contributed by atoms with Gasteiger partial charge in [0.1, 0.15) is 17.4 Å². The predicted molar refractivity (Wildman–Crippen MR) is 106 cm³/mol. The molecule has 0 saturated carbocycles. The normalized spacial score (nSPS) is 11.0. The van der Waals surface area contributed by atoms with E-state index in [1.54, 1.807) is 18.3 Å². The molecule has 0 aliphatic rings. The van der Waals surface area contributed by atoms with Gasteiger partial charge in [-0.25, -0.2) is 10.5 Å². The van der Waals surface area contributed by atoms with Crippen LogP contribution in [0.5, 0.6) is 0 Å². The van der Waals surface area contributed by atoms with Gasteiger partial charge < -0.3 is 4.57 Å². The Balaban J connectivity index is 2.07. The van der Waals surface area contributed by atoms with Gasteiger partial charge in [-0.15, -0.1) is 0 Å². The molecular weight excluding hydrogens is 376 g/mol. The van der Waals surface area contributed by atoms with Crippen LogP contribution in [0.25, 0.3) is 0 Å². The molecule has 0 unspecified atom stereocenters. The molecule has 3 aromatic rings. The lowest BCUT2D eigenvalue weighted by atomic mass is 10.1. The summed E-state index contributed by atoms with van der Waals surface area (Å²) in [5, 5.41) is 15.5. The quantitative estimate of drug-likeness (QED) is 0.326. The molecule has 2 aromatic heterocycles. The first-order valence-electron chi connectivity index (χ1n) is 8.74. The van der Waals surface area contributed by atoms with Crippen molar-refractivity contribution in [3.63, 3.8) is 0 Å². The highest BCUT2D eigenvalue weighted by atomic mass is 32.2. The van der Waals surface area contributed by atoms with Crippen LogP contribution in [0.15, 0.2) is 63.7 Å². The van der Waals surface area contributed by atoms with E-state index in [9.17, 15) is 10.1 Å². The van der Waals surface area contributed by atoms with E-state index in [1.165, 1.54) is 17.8 Å². The van der Waals surface area contributed by atoms with Crippen LogP contribution in [0.3, 0.4) is 0 Å². The number of nitro groups is 1. The highest BCUT2D eigenvalue weighted by Gasteiger charge is 2.21. The summed E-state index contributed by atoms with van der Waals surface area (Å²) in [6.45, 7) is 4.75. The average molecular weight is 396 g/mol. The summed E-state index contributed by atoms with van der Waals surface area (Å²) < 4.78 is 2.00. The first-order valence-corrected chi connectivity index (χ1v) is 9.56. The molecule has 28 heavy (non-hydrogen) atoms. The van der Waals surface area contributed by atoms with Crippen LogP contribution in [-0.2, 0) is 13.1 Å². The van der Waals surface area contributed by atoms with Gasteiger partial charge in [0.15, 0.2) is 0 Å². The Morgan fingerprint density at radius 2 is 2.11 bits per heavy atom. The summed E-state index contributed by atoms with van der Waals surface area (Å²) in [7, 11) is 0. The van der Waals surface area contributed by atoms with Gasteiger partial charge in [0, 0.05) is 23.2 Å². The maximum Gasteiger partial charge on any atom is 0.270 e. The summed E-state index contributed by atoms with van der Waals surface area (Å²) in [5.74, 6) is 0.827. The summed E-state index contributed by atoms with van der Waals surface area (Å²) in [5.41, 5.74) is 9.07. The topological polar surface area (TPSA) is 110 Å². The van der Waals surface area contributed by atoms with Crippen LogP contribution in [-0.4, -0.2) is 19.5 Å². The Morgan fingerprint density at radius 3 is 2.75 bits per heavy atom. The number of rotatable bonds is 8. The fourth-order valence-corrected chi connectivity index (χ4v) is 3.98. The minimum Gasteiger partial charge on any atom is -0.315 e. The SMILES string of the molecule is CC(C)c1nc(CN=N)n(Cc2ccccn2)c1Sc1cccc([N+](=O)[O-])c1. The maximum atomic E-state index is 11.1. The zero-order valence-corrected chi connectivity index (χ0v) is 16.4. The fraction of sp³-hybridized carbons (Fsp3) is 0.263. The smallest absolute Gasteiger partial charge is 0.270 e. The molecule has 8 nitrogen and oxygen atoms in total. The van der Waals surface area contributed by atoms with Crippen molar-refractivity contribution < 1.29 is 4.92 Å². The lowest BCUT2D eigenvalue weighted by Crippen LogP contribution is -2.07. The van der Waals surface area contributed by atoms with E-state index in [0.29, 0.717) is 12.4 Å². The van der Waals surface area contributed by atoms with Gasteiger partial charge in [-0.05, 0) is 24.1 Å². The number of imidazole rings is 1. The fourth-order valence-electron chi connectivity index (χ4n) is 2.77. The Hall–Kier alpha value is -3.07. The monoisotopic (exact) mass is 396 g/mol. The number of nitrogens with zero attached hydrogens (tertiary/aromatic N) is 5. The van der Waals surface area contributed by atoms with Gasteiger partial charge in [0.2, 0.25) is 0 Å². The van der Waals surface area contributed by atoms with Crippen LogP contribution < -0.4 is 0 Å². The second-order valence-electron chi connectivity index (χ2n) is 6.45. The van der Waals surface area contributed by atoms with Crippen LogP contribution >= 0.6 is 11.8 Å². The summed E-state index contributed by atoms with van der Waals surface area (Å²) in [4.78, 5) is 20.6. The molecule has 1 aromatic carbocycles. The lowest BCUT2D eigenvalue weighted by molar-refractivity contribution is -0.385. The summed E-state index contributed by atoms with van der Waals surface area (Å²) in [6, 6.07) is 12.3. The molecule has 3 rings (SSSR count). The predicted octanol–water partition coefficient (Wildman–Crippen LogP) is 5.04. The van der Waals surface area contributed by atoms with Gasteiger partial charge in [-0.3, -0.25) is 15.1 Å². The van der Waals surface area contributed by atoms with Crippen molar-refractivity contribution >= 4 is 17.4 Å². The molecule has 0 aliphatic heterocycles. The Morgan fingerprint density at radius 1 is 1.29 bits per heavy atom. The van der Waals surface area contributed by atoms with Crippen LogP contribution in [0, 0.1) is 15.6 Å². The van der Waals surface area contributed by atoms with E-state index in [2.05, 4.69) is 10.1 Å². The number of nitro benzene ring substituents is 1. The molecule has 0 radical (unpaired) electrons. The Kier molecular flexibility index (Phi) is 6.15. The molecule has 0 saturated heterocycles. The number of hydrogen-bond donors (Lipinski definition) is 1. The third-order valence-electron chi connectivity index (χ3n) is 4.08. The standard InChI is InChI=1S/C19H20N6O2S/c1-13(2)18-19(28-16-8-5-7-15(10-16)25(26)27)24(17(23-18)11-22-20)12-14-6-3-4-9-21-14/h3-10,13,20H,11-12H2,1-2H3. The van der Waals surface area contributed by atoms with E-state index in [-0.39, 0.29) is 18.2 Å². The first kappa shape index (κ1) is 19.7. The van der Waals surface area contributed by atoms with Crippen LogP contribution in [0.1, 0.15) is 37.0 Å². The molecule has 2 heterocycles. The van der Waals surface area contributed by atoms with Gasteiger partial charge in [0.05, 0.1) is 22.9 Å². The zero-order valence-electron chi connectivity index (χ0n) is 15.6. The molecule has 0 amide bonds. The van der Waals surface area contributed by atoms with Crippen molar-refractivity contribution in [1.82, 2.24) is 14.5 Å². The molecule has 144 valence electrons. The van der Waals surface area contributed by atoms with Gasteiger partial charge in [0.25, 0.3) is 5.69 Å². The van der Waals surface area contributed by atoms with Crippen molar-refractivity contribution in [3.8, 4) is 0 Å². The van der Waals surface area contributed by atoms with E-state index >= 15 is 0 Å². The number of non-ortho nitro benzene ring substituents is 1. The minimum absolute atomic E-state index is 0.0493. The zero-order chi connectivity index (χ0) is 20.1. The summed E-state index contributed by atoms with van der Waals surface area (Å²) >= 11 is 1.43. The average Bonchev–Trinajstić information content (AvgIpc) is 3.01. The molecule has 0 atom stereocenters. The number of pyridine rings is 1. The van der Waals surface area contributed by atoms with Crippen LogP contribution in [0.2, 0.25) is 0 Å². The second kappa shape index (κ2) is 8.75. The molecular formula is C19H20N6O2S. The molecule has 0 bridgehead atoms. The molecule has 9 heteroatoms. The maximum absolute atomic E-state index is 11.1. The number of benzene rings is 1. The van der Waals surface area contributed by atoms with Crippen molar-refractivity contribution in [2.24, 2.45) is 5.11 Å². The van der Waals surface area contributed by atoms with E-state index in [0.717, 1.165) is 21.3 Å². The third-order valence-corrected chi connectivity index (χ3v) is 5.19. The second-order valence-corrected chi connectivity index (χ2v) is 7.52. The van der Waals surface area contributed by atoms with Crippen molar-refractivity contribution in [2.75, 3.05) is 0 Å². The largest absolute Gasteiger partial charge is 0.315 e. The summed E-state index contributed by atoms with van der Waals surface area (Å²) in [6.07, 6.45) is 1.73. The van der Waals surface area contributed by atoms with Crippen molar-refractivity contribution in [1.29, 1.82) is 5.53 Å². The van der Waals surface area contributed by atoms with Crippen molar-refractivity contribution in [3.05, 3.63) is 76.0 Å². The highest BCUT2D eigenvalue weighted by Crippen LogP contribution is 2.36. The Bertz CT molecular complexity index is 987. The molecule has 0 fully saturated rings. The van der Waals surface area contributed by atoms with E-state index in [4.69, 9.17) is 10.5 Å². The van der Waals surface area contributed by atoms with Crippen molar-refractivity contribution in [2.45, 2.75) is 42.8 Å². The van der Waals surface area contributed by atoms with E-state index < -0.39 is 4.92 Å². The number of nitrogens with one attached hydrogen (secondary N) is 1. The van der Waals surface area contributed by atoms with Gasteiger partial charge in [-0.2, -0.15) is 5.11 Å². The number of aromatic nitrogens is 3. The number of hydrogen-bond acceptors (Lipinski definition) is 7. The Labute approximate surface area is 166 Å². The van der Waals surface area contributed by atoms with E-state index in [1.807, 2.05) is 42.7 Å². The molecule has 0 spiro atoms. The van der Waals surface area contributed by atoms with Gasteiger partial charge in [-0.1, -0.05) is 37.7 Å². The third kappa shape index (κ3) is 4.42. The first-order chi connectivity index (χ1) is 13.5. The molecule has 1 N–H and O–H groups in total. The van der Waals surface area contributed by atoms with Crippen LogP contribution in [0.4, 0.5) is 5.69 Å². The highest BCUT2D eigenvalue weighted by molar-refractivity contribution is 7.99. The minimum atomic E-state index is -0.400. The molecule has 0 aliphatic carbocycles. The lowest BCUT2D eigenvalue weighted by Gasteiger charge is -2.12. The van der Waals surface area contributed by atoms with Gasteiger partial charge >= 0.3 is 0 Å².